The molecule has 2 saturated heterocycles. The second-order valence-electron chi connectivity index (χ2n) is 7.67. The van der Waals surface area contributed by atoms with Gasteiger partial charge >= 0.3 is 6.18 Å². The van der Waals surface area contributed by atoms with Gasteiger partial charge in [-0.2, -0.15) is 13.2 Å². The Labute approximate surface area is 150 Å². The Balaban J connectivity index is 1.23. The maximum atomic E-state index is 13.3. The number of hydrogen-bond donors (Lipinski definition) is 0. The highest BCUT2D eigenvalue weighted by Crippen LogP contribution is 2.53. The first-order valence-corrected chi connectivity index (χ1v) is 9.24. The van der Waals surface area contributed by atoms with Gasteiger partial charge in [0.15, 0.2) is 0 Å². The molecular formula is C19H23F4N2O-. The van der Waals surface area contributed by atoms with Crippen LogP contribution < -0.4 is 0 Å². The van der Waals surface area contributed by atoms with Crippen molar-refractivity contribution < 1.29 is 22.3 Å². The Morgan fingerprint density at radius 3 is 2.46 bits per heavy atom. The Kier molecular flexibility index (Phi) is 4.96. The van der Waals surface area contributed by atoms with E-state index < -0.39 is 17.6 Å². The van der Waals surface area contributed by atoms with Crippen LogP contribution in [0.2, 0.25) is 0 Å². The maximum Gasteiger partial charge on any atom is 0.419 e. The number of likely N-dealkylation sites (tertiary alicyclic amines) is 1. The molecular weight excluding hydrogens is 348 g/mol. The summed E-state index contributed by atoms with van der Waals surface area (Å²) in [5, 5.41) is 4.45. The summed E-state index contributed by atoms with van der Waals surface area (Å²) in [6, 6.07) is 3.79. The van der Waals surface area contributed by atoms with Crippen LogP contribution in [0, 0.1) is 23.6 Å². The molecule has 0 N–H and O–H groups in total. The number of ether oxygens (including phenoxy) is 1. The van der Waals surface area contributed by atoms with Gasteiger partial charge in [-0.3, -0.25) is 4.90 Å². The number of rotatable bonds is 5. The first kappa shape index (κ1) is 18.2. The Morgan fingerprint density at radius 2 is 1.81 bits per heavy atom. The predicted octanol–water partition coefficient (Wildman–Crippen LogP) is 4.08. The summed E-state index contributed by atoms with van der Waals surface area (Å²) in [5.41, 5.74) is -0.797. The second-order valence-corrected chi connectivity index (χ2v) is 7.67. The fourth-order valence-electron chi connectivity index (χ4n) is 4.53. The molecule has 3 nitrogen and oxygen atoms in total. The zero-order valence-electron chi connectivity index (χ0n) is 14.5. The van der Waals surface area contributed by atoms with Crippen LogP contribution in [0.4, 0.5) is 17.6 Å². The minimum atomic E-state index is -4.67. The molecule has 2 atom stereocenters. The number of hydrogen-bond acceptors (Lipinski definition) is 2. The van der Waals surface area contributed by atoms with Crippen molar-refractivity contribution in [3.05, 3.63) is 40.5 Å². The summed E-state index contributed by atoms with van der Waals surface area (Å²) in [6.45, 7) is 4.84. The van der Waals surface area contributed by atoms with Crippen LogP contribution >= 0.6 is 0 Å². The van der Waals surface area contributed by atoms with E-state index in [9.17, 15) is 17.6 Å². The highest BCUT2D eigenvalue weighted by molar-refractivity contribution is 5.28. The summed E-state index contributed by atoms with van der Waals surface area (Å²) in [4.78, 5) is 2.57. The first-order valence-electron chi connectivity index (χ1n) is 9.24. The molecule has 2 heterocycles. The van der Waals surface area contributed by atoms with Gasteiger partial charge < -0.3 is 10.1 Å². The van der Waals surface area contributed by atoms with E-state index in [0.29, 0.717) is 35.9 Å². The van der Waals surface area contributed by atoms with E-state index in [0.717, 1.165) is 51.3 Å². The molecule has 0 amide bonds. The monoisotopic (exact) mass is 371 g/mol. The number of alkyl halides is 3. The molecule has 0 radical (unpaired) electrons. The highest BCUT2D eigenvalue weighted by Gasteiger charge is 2.54. The Morgan fingerprint density at radius 1 is 1.12 bits per heavy atom. The molecule has 1 aromatic rings. The fourth-order valence-corrected chi connectivity index (χ4v) is 4.53. The van der Waals surface area contributed by atoms with E-state index in [1.165, 1.54) is 6.07 Å². The highest BCUT2D eigenvalue weighted by atomic mass is 19.4. The lowest BCUT2D eigenvalue weighted by molar-refractivity contribution is -0.140. The third kappa shape index (κ3) is 3.75. The van der Waals surface area contributed by atoms with Crippen LogP contribution in [0.1, 0.15) is 24.0 Å². The lowest BCUT2D eigenvalue weighted by atomic mass is 10.1. The van der Waals surface area contributed by atoms with Gasteiger partial charge in [0.2, 0.25) is 0 Å². The molecule has 3 aliphatic rings. The Bertz CT molecular complexity index is 633. The van der Waals surface area contributed by atoms with Gasteiger partial charge in [-0.25, -0.2) is 4.39 Å². The lowest BCUT2D eigenvalue weighted by Crippen LogP contribution is -2.39. The molecule has 144 valence electrons. The average Bonchev–Trinajstić information content (AvgIpc) is 3.06. The van der Waals surface area contributed by atoms with Gasteiger partial charge in [-0.1, -0.05) is 17.5 Å². The molecule has 0 spiro atoms. The quantitative estimate of drug-likeness (QED) is 0.730. The van der Waals surface area contributed by atoms with Crippen molar-refractivity contribution in [2.75, 3.05) is 32.8 Å². The van der Waals surface area contributed by atoms with Crippen molar-refractivity contribution >= 4 is 0 Å². The largest absolute Gasteiger partial charge is 0.658 e. The van der Waals surface area contributed by atoms with Crippen molar-refractivity contribution in [3.8, 4) is 0 Å². The minimum Gasteiger partial charge on any atom is -0.658 e. The van der Waals surface area contributed by atoms with Gasteiger partial charge in [0.1, 0.15) is 5.82 Å². The zero-order chi connectivity index (χ0) is 18.3. The van der Waals surface area contributed by atoms with E-state index in [1.807, 2.05) is 0 Å². The van der Waals surface area contributed by atoms with Gasteiger partial charge in [0.05, 0.1) is 5.56 Å². The molecule has 3 fully saturated rings. The normalized spacial score (nSPS) is 29.8. The average molecular weight is 371 g/mol. The van der Waals surface area contributed by atoms with Crippen LogP contribution in [0.25, 0.3) is 5.32 Å². The number of benzene rings is 1. The maximum absolute atomic E-state index is 13.3. The fraction of sp³-hybridized carbons (Fsp3) is 0.684. The molecule has 7 heteroatoms. The molecule has 0 aromatic heterocycles. The van der Waals surface area contributed by atoms with Crippen LogP contribution in [0.15, 0.2) is 18.2 Å². The van der Waals surface area contributed by atoms with Gasteiger partial charge in [0.25, 0.3) is 0 Å². The summed E-state index contributed by atoms with van der Waals surface area (Å²) in [6.07, 6.45) is -2.44. The first-order chi connectivity index (χ1) is 12.4. The zero-order valence-corrected chi connectivity index (χ0v) is 14.5. The molecule has 1 aliphatic carbocycles. The van der Waals surface area contributed by atoms with Crippen LogP contribution in [0.5, 0.6) is 0 Å². The Hall–Kier alpha value is -1.18. The number of piperidine rings is 1. The van der Waals surface area contributed by atoms with Gasteiger partial charge in [0, 0.05) is 32.3 Å². The van der Waals surface area contributed by atoms with Crippen LogP contribution in [-0.4, -0.2) is 43.8 Å². The number of nitrogens with zero attached hydrogens (tertiary/aromatic N) is 2. The molecule has 4 rings (SSSR count). The van der Waals surface area contributed by atoms with Gasteiger partial charge in [-0.05, 0) is 36.8 Å². The van der Waals surface area contributed by atoms with Crippen molar-refractivity contribution in [1.29, 1.82) is 0 Å². The van der Waals surface area contributed by atoms with Gasteiger partial charge in [-0.15, -0.1) is 13.1 Å². The topological polar surface area (TPSA) is 26.6 Å². The molecule has 1 aromatic carbocycles. The molecule has 2 unspecified atom stereocenters. The van der Waals surface area contributed by atoms with Crippen LogP contribution in [-0.2, 0) is 17.5 Å². The van der Waals surface area contributed by atoms with Crippen LogP contribution in [0.3, 0.4) is 0 Å². The minimum absolute atomic E-state index is 0.211. The third-order valence-electron chi connectivity index (χ3n) is 6.08. The van der Waals surface area contributed by atoms with E-state index in [-0.39, 0.29) is 6.54 Å². The smallest absolute Gasteiger partial charge is 0.419 e. The molecule has 1 saturated carbocycles. The summed E-state index contributed by atoms with van der Waals surface area (Å²) >= 11 is 0. The van der Waals surface area contributed by atoms with Crippen molar-refractivity contribution in [2.24, 2.45) is 17.8 Å². The van der Waals surface area contributed by atoms with E-state index in [1.54, 1.807) is 0 Å². The van der Waals surface area contributed by atoms with Crippen molar-refractivity contribution in [1.82, 2.24) is 4.90 Å². The molecule has 26 heavy (non-hydrogen) atoms. The predicted molar refractivity (Wildman–Crippen MR) is 89.2 cm³/mol. The molecule has 2 aliphatic heterocycles. The third-order valence-corrected chi connectivity index (χ3v) is 6.08. The summed E-state index contributed by atoms with van der Waals surface area (Å²) in [7, 11) is 0. The molecule has 0 bridgehead atoms. The van der Waals surface area contributed by atoms with E-state index >= 15 is 0 Å². The number of halogens is 4. The SMILES string of the molecule is Fc1ccc(C[N-]CC2C3CN(C4CCOCC4)CC23)cc1C(F)(F)F. The number of fused-ring (bicyclic) bond motifs is 1. The van der Waals surface area contributed by atoms with Crippen molar-refractivity contribution in [2.45, 2.75) is 31.6 Å². The lowest BCUT2D eigenvalue weighted by Gasteiger charge is -2.33. The summed E-state index contributed by atoms with van der Waals surface area (Å²) in [5.74, 6) is 0.695. The second kappa shape index (κ2) is 7.09. The van der Waals surface area contributed by atoms with Crippen molar-refractivity contribution in [3.63, 3.8) is 0 Å². The van der Waals surface area contributed by atoms with E-state index in [4.69, 9.17) is 4.74 Å². The van der Waals surface area contributed by atoms with E-state index in [2.05, 4.69) is 10.2 Å². The standard InChI is InChI=1S/C19H23F4N2O/c20-18-2-1-12(7-17(18)19(21,22)23)8-24-9-14-15-10-25(11-16(14)15)13-3-5-26-6-4-13/h1-2,7,13-16H,3-6,8-11H2/q-1. The summed E-state index contributed by atoms with van der Waals surface area (Å²) < 4.78 is 57.0.